The van der Waals surface area contributed by atoms with E-state index in [4.69, 9.17) is 0 Å². The number of benzene rings is 1. The van der Waals surface area contributed by atoms with Gasteiger partial charge in [0.25, 0.3) is 0 Å². The summed E-state index contributed by atoms with van der Waals surface area (Å²) in [5.74, 6) is 10.3. The van der Waals surface area contributed by atoms with Crippen LogP contribution >= 0.6 is 0 Å². The predicted octanol–water partition coefficient (Wildman–Crippen LogP) is 4.24. The molecule has 139 valence electrons. The number of fused-ring (bicyclic) bond motifs is 5. The number of aliphatic hydroxyl groups excluding tert-OH is 1. The molecule has 0 bridgehead atoms. The van der Waals surface area contributed by atoms with E-state index in [1.165, 1.54) is 11.1 Å². The number of phenols is 1. The molecule has 4 aliphatic rings. The Kier molecular flexibility index (Phi) is 4.28. The molecule has 0 saturated heterocycles. The Bertz CT molecular complexity index is 781. The van der Waals surface area contributed by atoms with Gasteiger partial charge in [-0.2, -0.15) is 0 Å². The second-order valence-corrected chi connectivity index (χ2v) is 9.07. The Morgan fingerprint density at radius 3 is 2.74 bits per heavy atom. The highest BCUT2D eigenvalue weighted by Crippen LogP contribution is 2.62. The number of hydrogen-bond donors (Lipinski definition) is 2. The first kappa shape index (κ1) is 17.6. The zero-order valence-corrected chi connectivity index (χ0v) is 15.9. The minimum Gasteiger partial charge on any atom is -0.508 e. The molecular weight excluding hydrogens is 332 g/mol. The third kappa shape index (κ3) is 2.82. The lowest BCUT2D eigenvalue weighted by molar-refractivity contribution is -0.0366. The first-order valence-electron chi connectivity index (χ1n) is 10.3. The first-order valence-corrected chi connectivity index (χ1v) is 10.3. The number of hydrogen-bond acceptors (Lipinski definition) is 2. The van der Waals surface area contributed by atoms with Crippen LogP contribution in [0.15, 0.2) is 18.2 Å². The summed E-state index contributed by atoms with van der Waals surface area (Å²) >= 11 is 0. The minimum atomic E-state index is -0.201. The maximum absolute atomic E-state index is 10.8. The van der Waals surface area contributed by atoms with Crippen LogP contribution in [0.1, 0.15) is 49.7 Å². The highest BCUT2D eigenvalue weighted by molar-refractivity contribution is 5.48. The summed E-state index contributed by atoms with van der Waals surface area (Å²) in [4.78, 5) is 0. The van der Waals surface area contributed by atoms with Gasteiger partial charge in [-0.05, 0) is 98.3 Å². The summed E-state index contributed by atoms with van der Waals surface area (Å²) < 4.78 is 0. The molecule has 0 aliphatic heterocycles. The van der Waals surface area contributed by atoms with Gasteiger partial charge in [0.15, 0.2) is 0 Å². The van der Waals surface area contributed by atoms with E-state index in [-0.39, 0.29) is 17.4 Å². The molecule has 5 radical (unpaired) electrons. The lowest BCUT2D eigenvalue weighted by Gasteiger charge is -2.52. The lowest BCUT2D eigenvalue weighted by atomic mass is 9.52. The summed E-state index contributed by atoms with van der Waals surface area (Å²) in [6, 6.07) is 5.91. The van der Waals surface area contributed by atoms with E-state index < -0.39 is 0 Å². The summed E-state index contributed by atoms with van der Waals surface area (Å²) in [7, 11) is 0. The van der Waals surface area contributed by atoms with E-state index in [0.717, 1.165) is 38.0 Å². The van der Waals surface area contributed by atoms with Crippen LogP contribution in [0, 0.1) is 66.6 Å². The largest absolute Gasteiger partial charge is 0.508 e. The van der Waals surface area contributed by atoms with Gasteiger partial charge < -0.3 is 10.2 Å². The Morgan fingerprint density at radius 2 is 1.93 bits per heavy atom. The van der Waals surface area contributed by atoms with E-state index in [9.17, 15) is 10.2 Å². The van der Waals surface area contributed by atoms with Crippen LogP contribution in [-0.2, 0) is 6.42 Å². The van der Waals surface area contributed by atoms with E-state index in [1.54, 1.807) is 0 Å². The summed E-state index contributed by atoms with van der Waals surface area (Å²) in [5, 5.41) is 20.7. The van der Waals surface area contributed by atoms with Crippen molar-refractivity contribution in [2.24, 2.45) is 23.2 Å². The molecule has 2 N–H and O–H groups in total. The van der Waals surface area contributed by atoms with Crippen molar-refractivity contribution in [3.8, 4) is 17.6 Å². The average Bonchev–Trinajstić information content (AvgIpc) is 3.27. The maximum Gasteiger partial charge on any atom is 0.115 e. The third-order valence-electron chi connectivity index (χ3n) is 7.73. The topological polar surface area (TPSA) is 40.5 Å². The number of phenolic OH excluding ortho intramolecular Hbond substituents is 1. The highest BCUT2D eigenvalue weighted by atomic mass is 16.3. The van der Waals surface area contributed by atoms with E-state index in [1.807, 2.05) is 25.0 Å². The van der Waals surface area contributed by atoms with Gasteiger partial charge in [-0.3, -0.25) is 0 Å². The summed E-state index contributed by atoms with van der Waals surface area (Å²) in [5.41, 5.74) is 2.66. The molecule has 27 heavy (non-hydrogen) atoms. The van der Waals surface area contributed by atoms with Gasteiger partial charge in [0, 0.05) is 11.8 Å². The standard InChI is InChI=1S/C25H27O2/c1-25-15-18(7-6-16-4-2-3-5-16)24-20-11-9-19(26)14-17(20)8-10-21(24)22(25)12-13-23(25)27/h2-5,9,11,14,18,21-24,26-27H,8,10,12-13,15H2,1H3/t18-,21-,22-,23-,24+,25-/m0/s1. The molecule has 1 aromatic carbocycles. The molecule has 3 fully saturated rings. The van der Waals surface area contributed by atoms with Crippen LogP contribution in [0.4, 0.5) is 0 Å². The monoisotopic (exact) mass is 359 g/mol. The summed E-state index contributed by atoms with van der Waals surface area (Å²) in [6.45, 7) is 2.30. The Balaban J connectivity index is 1.55. The molecule has 0 heterocycles. The molecule has 0 amide bonds. The van der Waals surface area contributed by atoms with Crippen molar-refractivity contribution in [3.05, 3.63) is 60.9 Å². The van der Waals surface area contributed by atoms with Gasteiger partial charge in [-0.1, -0.05) is 24.8 Å². The molecule has 0 unspecified atom stereocenters. The summed E-state index contributed by atoms with van der Waals surface area (Å²) in [6.07, 6.45) is 13.2. The second-order valence-electron chi connectivity index (χ2n) is 9.07. The van der Waals surface area contributed by atoms with Crippen molar-refractivity contribution in [2.45, 2.75) is 51.0 Å². The van der Waals surface area contributed by atoms with Crippen LogP contribution in [0.3, 0.4) is 0 Å². The fraction of sp³-hybridized carbons (Fsp3) is 0.480. The molecule has 0 spiro atoms. The number of aromatic hydroxyl groups is 1. The molecule has 0 aromatic heterocycles. The van der Waals surface area contributed by atoms with E-state index in [0.29, 0.717) is 23.5 Å². The number of aliphatic hydroxyl groups is 1. The zero-order valence-electron chi connectivity index (χ0n) is 15.9. The molecule has 1 aromatic rings. The molecule has 2 heteroatoms. The third-order valence-corrected chi connectivity index (χ3v) is 7.73. The van der Waals surface area contributed by atoms with Crippen LogP contribution < -0.4 is 0 Å². The van der Waals surface area contributed by atoms with Crippen molar-refractivity contribution >= 4 is 0 Å². The van der Waals surface area contributed by atoms with Crippen molar-refractivity contribution in [1.82, 2.24) is 0 Å². The molecule has 5 rings (SSSR count). The van der Waals surface area contributed by atoms with Gasteiger partial charge in [0.2, 0.25) is 0 Å². The van der Waals surface area contributed by atoms with Gasteiger partial charge in [-0.15, -0.1) is 0 Å². The highest BCUT2D eigenvalue weighted by Gasteiger charge is 2.57. The smallest absolute Gasteiger partial charge is 0.115 e. The lowest BCUT2D eigenvalue weighted by Crippen LogP contribution is -2.47. The second kappa shape index (κ2) is 6.56. The van der Waals surface area contributed by atoms with Crippen molar-refractivity contribution < 1.29 is 10.2 Å². The normalized spacial score (nSPS) is 40.6. The molecular formula is C25H27O2. The van der Waals surface area contributed by atoms with Gasteiger partial charge in [0.1, 0.15) is 5.75 Å². The van der Waals surface area contributed by atoms with Crippen LogP contribution in [0.2, 0.25) is 0 Å². The minimum absolute atomic E-state index is 0.0129. The van der Waals surface area contributed by atoms with Gasteiger partial charge in [-0.25, -0.2) is 0 Å². The van der Waals surface area contributed by atoms with Gasteiger partial charge >= 0.3 is 0 Å². The van der Waals surface area contributed by atoms with E-state index >= 15 is 0 Å². The number of rotatable bonds is 0. The molecule has 3 saturated carbocycles. The van der Waals surface area contributed by atoms with Crippen LogP contribution in [0.5, 0.6) is 5.75 Å². The van der Waals surface area contributed by atoms with Crippen molar-refractivity contribution in [3.63, 3.8) is 0 Å². The Morgan fingerprint density at radius 1 is 1.11 bits per heavy atom. The maximum atomic E-state index is 10.8. The first-order chi connectivity index (χ1) is 13.1. The zero-order chi connectivity index (χ0) is 18.6. The van der Waals surface area contributed by atoms with Gasteiger partial charge in [0.05, 0.1) is 12.0 Å². The fourth-order valence-electron chi connectivity index (χ4n) is 6.44. The number of aryl methyl sites for hydroxylation is 1. The molecule has 6 atom stereocenters. The molecule has 2 nitrogen and oxygen atoms in total. The Labute approximate surface area is 163 Å². The fourth-order valence-corrected chi connectivity index (χ4v) is 6.44. The quantitative estimate of drug-likeness (QED) is 0.680. The van der Waals surface area contributed by atoms with Crippen molar-refractivity contribution in [2.75, 3.05) is 0 Å². The average molecular weight is 359 g/mol. The van der Waals surface area contributed by atoms with Crippen LogP contribution in [0.25, 0.3) is 0 Å². The van der Waals surface area contributed by atoms with Crippen molar-refractivity contribution in [1.29, 1.82) is 0 Å². The predicted molar refractivity (Wildman–Crippen MR) is 106 cm³/mol. The van der Waals surface area contributed by atoms with E-state index in [2.05, 4.69) is 37.7 Å². The van der Waals surface area contributed by atoms with Crippen LogP contribution in [-0.4, -0.2) is 16.3 Å². The SMILES string of the molecule is C[C@]12C[C@H](C#C[C]3[CH][CH][CH][CH]3)[C@@H]3c4ccc(O)cc4CC[C@H]3[C@@H]1CC[C@@H]2O. The molecule has 4 aliphatic carbocycles. The Hall–Kier alpha value is -1.46.